The third-order valence-electron chi connectivity index (χ3n) is 2.75. The first-order chi connectivity index (χ1) is 7.16. The SMILES string of the molecule is CC1(C)CN[C@H](COc2cccnc2)C1. The van der Waals surface area contributed by atoms with Crippen molar-refractivity contribution in [3.8, 4) is 5.75 Å². The maximum atomic E-state index is 5.66. The van der Waals surface area contributed by atoms with Crippen molar-refractivity contribution in [2.75, 3.05) is 13.2 Å². The fraction of sp³-hybridized carbons (Fsp3) is 0.583. The molecule has 3 nitrogen and oxygen atoms in total. The van der Waals surface area contributed by atoms with Crippen LogP contribution in [0.25, 0.3) is 0 Å². The van der Waals surface area contributed by atoms with Crippen molar-refractivity contribution in [2.24, 2.45) is 5.41 Å². The lowest BCUT2D eigenvalue weighted by molar-refractivity contribution is 0.267. The summed E-state index contributed by atoms with van der Waals surface area (Å²) in [6.45, 7) is 6.37. The highest BCUT2D eigenvalue weighted by atomic mass is 16.5. The van der Waals surface area contributed by atoms with Crippen LogP contribution in [-0.2, 0) is 0 Å². The van der Waals surface area contributed by atoms with Gasteiger partial charge >= 0.3 is 0 Å². The molecule has 0 bridgehead atoms. The molecule has 1 atom stereocenters. The molecule has 0 spiro atoms. The largest absolute Gasteiger partial charge is 0.490 e. The summed E-state index contributed by atoms with van der Waals surface area (Å²) in [5, 5.41) is 3.47. The molecule has 0 aliphatic carbocycles. The number of nitrogens with one attached hydrogen (secondary N) is 1. The van der Waals surface area contributed by atoms with Gasteiger partial charge in [0.1, 0.15) is 12.4 Å². The minimum atomic E-state index is 0.406. The van der Waals surface area contributed by atoms with Crippen molar-refractivity contribution >= 4 is 0 Å². The molecule has 0 aromatic carbocycles. The zero-order valence-electron chi connectivity index (χ0n) is 9.36. The summed E-state index contributed by atoms with van der Waals surface area (Å²) < 4.78 is 5.66. The average Bonchev–Trinajstić information content (AvgIpc) is 2.57. The number of ether oxygens (including phenoxy) is 1. The number of nitrogens with zero attached hydrogens (tertiary/aromatic N) is 1. The zero-order chi connectivity index (χ0) is 10.7. The fourth-order valence-electron chi connectivity index (χ4n) is 1.98. The van der Waals surface area contributed by atoms with Gasteiger partial charge in [0, 0.05) is 18.8 Å². The molecule has 3 heteroatoms. The van der Waals surface area contributed by atoms with Gasteiger partial charge in [-0.25, -0.2) is 0 Å². The van der Waals surface area contributed by atoms with Crippen LogP contribution in [0.3, 0.4) is 0 Å². The van der Waals surface area contributed by atoms with E-state index in [0.717, 1.165) is 18.9 Å². The summed E-state index contributed by atoms with van der Waals surface area (Å²) >= 11 is 0. The summed E-state index contributed by atoms with van der Waals surface area (Å²) in [4.78, 5) is 4.01. The van der Waals surface area contributed by atoms with E-state index in [1.807, 2.05) is 12.1 Å². The second-order valence-corrected chi connectivity index (χ2v) is 4.95. The number of aromatic nitrogens is 1. The van der Waals surface area contributed by atoms with E-state index in [4.69, 9.17) is 4.74 Å². The van der Waals surface area contributed by atoms with Crippen LogP contribution < -0.4 is 10.1 Å². The Morgan fingerprint density at radius 2 is 2.47 bits per heavy atom. The lowest BCUT2D eigenvalue weighted by Gasteiger charge is -2.15. The smallest absolute Gasteiger partial charge is 0.137 e. The van der Waals surface area contributed by atoms with Gasteiger partial charge in [-0.15, -0.1) is 0 Å². The Morgan fingerprint density at radius 1 is 1.60 bits per heavy atom. The molecule has 0 unspecified atom stereocenters. The van der Waals surface area contributed by atoms with E-state index < -0.39 is 0 Å². The number of hydrogen-bond donors (Lipinski definition) is 1. The third-order valence-corrected chi connectivity index (χ3v) is 2.75. The fourth-order valence-corrected chi connectivity index (χ4v) is 1.98. The minimum absolute atomic E-state index is 0.406. The van der Waals surface area contributed by atoms with Crippen molar-refractivity contribution in [2.45, 2.75) is 26.3 Å². The Hall–Kier alpha value is -1.09. The molecule has 82 valence electrons. The Labute approximate surface area is 90.9 Å². The second-order valence-electron chi connectivity index (χ2n) is 4.95. The quantitative estimate of drug-likeness (QED) is 0.819. The van der Waals surface area contributed by atoms with Crippen LogP contribution in [0.15, 0.2) is 24.5 Å². The molecule has 0 amide bonds. The number of hydrogen-bond acceptors (Lipinski definition) is 3. The molecule has 1 saturated heterocycles. The molecular weight excluding hydrogens is 188 g/mol. The third kappa shape index (κ3) is 2.93. The zero-order valence-corrected chi connectivity index (χ0v) is 9.36. The van der Waals surface area contributed by atoms with Crippen LogP contribution in [-0.4, -0.2) is 24.2 Å². The summed E-state index contributed by atoms with van der Waals surface area (Å²) in [6, 6.07) is 4.30. The molecule has 1 fully saturated rings. The van der Waals surface area contributed by atoms with Crippen LogP contribution in [0.5, 0.6) is 5.75 Å². The van der Waals surface area contributed by atoms with Gasteiger partial charge in [-0.2, -0.15) is 0 Å². The van der Waals surface area contributed by atoms with E-state index in [1.165, 1.54) is 6.42 Å². The van der Waals surface area contributed by atoms with E-state index in [1.54, 1.807) is 12.4 Å². The molecule has 0 saturated carbocycles. The Bertz CT molecular complexity index is 311. The maximum Gasteiger partial charge on any atom is 0.137 e. The highest BCUT2D eigenvalue weighted by Gasteiger charge is 2.30. The summed E-state index contributed by atoms with van der Waals surface area (Å²) in [5.41, 5.74) is 0.406. The molecule has 0 radical (unpaired) electrons. The van der Waals surface area contributed by atoms with Gasteiger partial charge in [0.05, 0.1) is 6.20 Å². The van der Waals surface area contributed by atoms with Gasteiger partial charge in [-0.05, 0) is 24.0 Å². The van der Waals surface area contributed by atoms with E-state index in [2.05, 4.69) is 24.1 Å². The Balaban J connectivity index is 1.80. The van der Waals surface area contributed by atoms with Crippen LogP contribution in [0.2, 0.25) is 0 Å². The van der Waals surface area contributed by atoms with Crippen molar-refractivity contribution < 1.29 is 4.74 Å². The summed E-state index contributed by atoms with van der Waals surface area (Å²) in [5.74, 6) is 0.851. The molecule has 1 aliphatic rings. The molecule has 2 rings (SSSR count). The minimum Gasteiger partial charge on any atom is -0.490 e. The number of pyridine rings is 1. The second kappa shape index (κ2) is 4.19. The highest BCUT2D eigenvalue weighted by molar-refractivity contribution is 5.15. The van der Waals surface area contributed by atoms with Crippen LogP contribution in [0, 0.1) is 5.41 Å². The van der Waals surface area contributed by atoms with Crippen molar-refractivity contribution in [3.05, 3.63) is 24.5 Å². The van der Waals surface area contributed by atoms with Crippen molar-refractivity contribution in [1.82, 2.24) is 10.3 Å². The van der Waals surface area contributed by atoms with Crippen LogP contribution in [0.1, 0.15) is 20.3 Å². The monoisotopic (exact) mass is 206 g/mol. The number of rotatable bonds is 3. The van der Waals surface area contributed by atoms with E-state index >= 15 is 0 Å². The molecule has 1 aromatic rings. The first-order valence-corrected chi connectivity index (χ1v) is 5.42. The predicted molar refractivity (Wildman–Crippen MR) is 59.9 cm³/mol. The van der Waals surface area contributed by atoms with Gasteiger partial charge in [-0.3, -0.25) is 4.98 Å². The summed E-state index contributed by atoms with van der Waals surface area (Å²) in [6.07, 6.45) is 4.68. The topological polar surface area (TPSA) is 34.1 Å². The van der Waals surface area contributed by atoms with Gasteiger partial charge in [0.15, 0.2) is 0 Å². The summed E-state index contributed by atoms with van der Waals surface area (Å²) in [7, 11) is 0. The Morgan fingerprint density at radius 3 is 3.07 bits per heavy atom. The van der Waals surface area contributed by atoms with Gasteiger partial charge < -0.3 is 10.1 Å². The van der Waals surface area contributed by atoms with Crippen molar-refractivity contribution in [3.63, 3.8) is 0 Å². The van der Waals surface area contributed by atoms with Crippen LogP contribution >= 0.6 is 0 Å². The Kier molecular flexibility index (Phi) is 2.91. The normalized spacial score (nSPS) is 24.0. The first-order valence-electron chi connectivity index (χ1n) is 5.42. The molecule has 1 aromatic heterocycles. The van der Waals surface area contributed by atoms with E-state index in [0.29, 0.717) is 11.5 Å². The molecular formula is C12H18N2O. The molecule has 2 heterocycles. The molecule has 1 N–H and O–H groups in total. The maximum absolute atomic E-state index is 5.66. The predicted octanol–water partition coefficient (Wildman–Crippen LogP) is 1.85. The van der Waals surface area contributed by atoms with E-state index in [9.17, 15) is 0 Å². The average molecular weight is 206 g/mol. The lowest BCUT2D eigenvalue weighted by Crippen LogP contribution is -2.28. The molecule has 1 aliphatic heterocycles. The first kappa shape index (κ1) is 10.4. The highest BCUT2D eigenvalue weighted by Crippen LogP contribution is 2.27. The van der Waals surface area contributed by atoms with Gasteiger partial charge in [0.25, 0.3) is 0 Å². The lowest BCUT2D eigenvalue weighted by atomic mass is 9.91. The van der Waals surface area contributed by atoms with Crippen molar-refractivity contribution in [1.29, 1.82) is 0 Å². The van der Waals surface area contributed by atoms with E-state index in [-0.39, 0.29) is 0 Å². The van der Waals surface area contributed by atoms with Gasteiger partial charge in [-0.1, -0.05) is 13.8 Å². The van der Waals surface area contributed by atoms with Crippen LogP contribution in [0.4, 0.5) is 0 Å². The standard InChI is InChI=1S/C12H18N2O/c1-12(2)6-10(14-9-12)8-15-11-4-3-5-13-7-11/h3-5,7,10,14H,6,8-9H2,1-2H3/t10-/m0/s1. The molecule has 15 heavy (non-hydrogen) atoms. The van der Waals surface area contributed by atoms with Gasteiger partial charge in [0.2, 0.25) is 0 Å².